The average Bonchev–Trinajstić information content (AvgIpc) is 3.62. The summed E-state index contributed by atoms with van der Waals surface area (Å²) < 4.78 is 4.46. The van der Waals surface area contributed by atoms with Gasteiger partial charge in [-0.15, -0.1) is 0 Å². The van der Waals surface area contributed by atoms with Gasteiger partial charge in [0.1, 0.15) is 6.07 Å². The van der Waals surface area contributed by atoms with Crippen LogP contribution in [0.1, 0.15) is 58.2 Å². The van der Waals surface area contributed by atoms with Gasteiger partial charge in [-0.25, -0.2) is 4.85 Å². The number of nitrogens with zero attached hydrogens (tertiary/aromatic N) is 4. The molecule has 0 unspecified atom stereocenters. The fraction of sp³-hybridized carbons (Fsp3) is 0.174. The van der Waals surface area contributed by atoms with Crippen LogP contribution in [0.4, 0.5) is 5.69 Å². The molecule has 0 fully saturated rings. The molecular weight excluding hydrogens is 609 g/mol. The summed E-state index contributed by atoms with van der Waals surface area (Å²) in [5.41, 5.74) is 11.6. The van der Waals surface area contributed by atoms with Gasteiger partial charge < -0.3 is 9.13 Å². The van der Waals surface area contributed by atoms with Crippen LogP contribution in [0.5, 0.6) is 0 Å². The maximum Gasteiger partial charge on any atom is 0.210 e. The first-order chi connectivity index (χ1) is 24.0. The van der Waals surface area contributed by atoms with Gasteiger partial charge in [-0.3, -0.25) is 0 Å². The molecule has 0 aliphatic rings. The summed E-state index contributed by atoms with van der Waals surface area (Å²) in [5.74, 6) is 0. The fourth-order valence-electron chi connectivity index (χ4n) is 7.37. The van der Waals surface area contributed by atoms with E-state index in [1.165, 1.54) is 21.9 Å². The molecule has 8 aromatic rings. The van der Waals surface area contributed by atoms with Crippen LogP contribution in [-0.2, 0) is 10.8 Å². The zero-order chi connectivity index (χ0) is 34.9. The average molecular weight is 647 g/mol. The zero-order valence-corrected chi connectivity index (χ0v) is 29.3. The number of rotatable bonds is 3. The van der Waals surface area contributed by atoms with Gasteiger partial charge in [0, 0.05) is 21.5 Å². The zero-order valence-electron chi connectivity index (χ0n) is 29.3. The van der Waals surface area contributed by atoms with E-state index in [0.29, 0.717) is 11.3 Å². The molecule has 2 heterocycles. The summed E-state index contributed by atoms with van der Waals surface area (Å²) in [6, 6.07) is 44.9. The van der Waals surface area contributed by atoms with Crippen molar-refractivity contribution in [2.24, 2.45) is 0 Å². The highest BCUT2D eigenvalue weighted by molar-refractivity contribution is 6.11. The lowest BCUT2D eigenvalue weighted by Gasteiger charge is -2.19. The summed E-state index contributed by atoms with van der Waals surface area (Å²) in [6.45, 7) is 21.6. The van der Waals surface area contributed by atoms with Gasteiger partial charge in [0.2, 0.25) is 5.69 Å². The van der Waals surface area contributed by atoms with Crippen molar-refractivity contribution in [2.45, 2.75) is 52.4 Å². The Bertz CT molecular complexity index is 2550. The van der Waals surface area contributed by atoms with Gasteiger partial charge in [0.15, 0.2) is 0 Å². The monoisotopic (exact) mass is 646 g/mol. The van der Waals surface area contributed by atoms with Crippen LogP contribution in [-0.4, -0.2) is 9.13 Å². The Morgan fingerprint density at radius 3 is 1.48 bits per heavy atom. The SMILES string of the molecule is [C-]#[N+]c1ccc(-c2ccc(C#N)c(-n3c4ccccc4c4cc(C(C)(C)C)ccc43)c2)cc1-n1c2ccccc2c2cc(C(C)(C)C)ccc21. The molecule has 6 aromatic carbocycles. The molecule has 242 valence electrons. The van der Waals surface area contributed by atoms with E-state index < -0.39 is 0 Å². The summed E-state index contributed by atoms with van der Waals surface area (Å²) in [5, 5.41) is 15.1. The van der Waals surface area contributed by atoms with Crippen molar-refractivity contribution in [1.82, 2.24) is 9.13 Å². The summed E-state index contributed by atoms with van der Waals surface area (Å²) in [6.07, 6.45) is 0. The molecule has 0 saturated heterocycles. The van der Waals surface area contributed by atoms with Gasteiger partial charge in [-0.1, -0.05) is 108 Å². The van der Waals surface area contributed by atoms with Gasteiger partial charge in [0.25, 0.3) is 0 Å². The first kappa shape index (κ1) is 31.2. The van der Waals surface area contributed by atoms with Gasteiger partial charge >= 0.3 is 0 Å². The highest BCUT2D eigenvalue weighted by atomic mass is 15.0. The maximum absolute atomic E-state index is 10.4. The highest BCUT2D eigenvalue weighted by Crippen LogP contribution is 2.41. The minimum atomic E-state index is 0.00950. The van der Waals surface area contributed by atoms with Crippen molar-refractivity contribution in [3.05, 3.63) is 149 Å². The van der Waals surface area contributed by atoms with Gasteiger partial charge in [0.05, 0.1) is 45.6 Å². The van der Waals surface area contributed by atoms with Crippen LogP contribution in [0, 0.1) is 17.9 Å². The second-order valence-electron chi connectivity index (χ2n) is 15.3. The normalized spacial score (nSPS) is 12.2. The molecule has 0 aliphatic heterocycles. The predicted molar refractivity (Wildman–Crippen MR) is 209 cm³/mol. The molecule has 8 rings (SSSR count). The van der Waals surface area contributed by atoms with Crippen LogP contribution in [0.15, 0.2) is 121 Å². The second-order valence-corrected chi connectivity index (χ2v) is 15.3. The Hall–Kier alpha value is -6.10. The predicted octanol–water partition coefficient (Wildman–Crippen LogP) is 12.6. The molecule has 50 heavy (non-hydrogen) atoms. The second kappa shape index (κ2) is 11.2. The van der Waals surface area contributed by atoms with Gasteiger partial charge in [-0.05, 0) is 87.7 Å². The molecule has 0 N–H and O–H groups in total. The smallest absolute Gasteiger partial charge is 0.210 e. The van der Waals surface area contributed by atoms with Crippen molar-refractivity contribution in [3.8, 4) is 28.6 Å². The number of hydrogen-bond acceptors (Lipinski definition) is 1. The topological polar surface area (TPSA) is 38.0 Å². The summed E-state index contributed by atoms with van der Waals surface area (Å²) in [7, 11) is 0. The molecule has 0 amide bonds. The van der Waals surface area contributed by atoms with E-state index in [2.05, 4.69) is 159 Å². The third kappa shape index (κ3) is 4.88. The Labute approximate surface area is 293 Å². The molecule has 0 atom stereocenters. The number of fused-ring (bicyclic) bond motifs is 6. The van der Waals surface area contributed by atoms with E-state index in [4.69, 9.17) is 6.57 Å². The van der Waals surface area contributed by atoms with Crippen molar-refractivity contribution in [3.63, 3.8) is 0 Å². The Morgan fingerprint density at radius 2 is 0.980 bits per heavy atom. The number of aromatic nitrogens is 2. The van der Waals surface area contributed by atoms with E-state index in [1.54, 1.807) is 0 Å². The maximum atomic E-state index is 10.4. The van der Waals surface area contributed by atoms with Crippen molar-refractivity contribution >= 4 is 49.3 Å². The quantitative estimate of drug-likeness (QED) is 0.176. The molecule has 0 radical (unpaired) electrons. The molecule has 4 nitrogen and oxygen atoms in total. The molecule has 0 bridgehead atoms. The fourth-order valence-corrected chi connectivity index (χ4v) is 7.37. The lowest BCUT2D eigenvalue weighted by atomic mass is 9.86. The Morgan fingerprint density at radius 1 is 0.520 bits per heavy atom. The lowest BCUT2D eigenvalue weighted by Crippen LogP contribution is -2.10. The Kier molecular flexibility index (Phi) is 7.00. The van der Waals surface area contributed by atoms with Crippen LogP contribution < -0.4 is 0 Å². The van der Waals surface area contributed by atoms with E-state index in [9.17, 15) is 5.26 Å². The summed E-state index contributed by atoms with van der Waals surface area (Å²) in [4.78, 5) is 3.99. The van der Waals surface area contributed by atoms with Crippen LogP contribution in [0.3, 0.4) is 0 Å². The standard InChI is InChI=1S/C46H38N4/c1-45(2,3)32-19-22-41-36(26-32)34-12-8-10-14-39(34)49(41)43-24-29(16-17-31(43)28-47)30-18-21-38(48-7)44(25-30)50-40-15-11-9-13-35(40)37-27-33(46(4,5)6)20-23-42(37)50/h8-27H,1-6H3. The van der Waals surface area contributed by atoms with E-state index >= 15 is 0 Å². The highest BCUT2D eigenvalue weighted by Gasteiger charge is 2.22. The third-order valence-electron chi connectivity index (χ3n) is 10.1. The number of hydrogen-bond donors (Lipinski definition) is 0. The van der Waals surface area contributed by atoms with Crippen molar-refractivity contribution < 1.29 is 0 Å². The van der Waals surface area contributed by atoms with E-state index in [1.807, 2.05) is 24.3 Å². The summed E-state index contributed by atoms with van der Waals surface area (Å²) >= 11 is 0. The van der Waals surface area contributed by atoms with Crippen molar-refractivity contribution in [2.75, 3.05) is 0 Å². The first-order valence-corrected chi connectivity index (χ1v) is 17.1. The van der Waals surface area contributed by atoms with E-state index in [0.717, 1.165) is 55.3 Å². The number of benzene rings is 6. The number of para-hydroxylation sites is 2. The number of nitriles is 1. The van der Waals surface area contributed by atoms with E-state index in [-0.39, 0.29) is 10.8 Å². The van der Waals surface area contributed by atoms with Crippen LogP contribution in [0.2, 0.25) is 0 Å². The van der Waals surface area contributed by atoms with Gasteiger partial charge in [-0.2, -0.15) is 5.26 Å². The molecule has 0 aliphatic carbocycles. The minimum absolute atomic E-state index is 0.00950. The van der Waals surface area contributed by atoms with Crippen LogP contribution >= 0.6 is 0 Å². The third-order valence-corrected chi connectivity index (χ3v) is 10.1. The van der Waals surface area contributed by atoms with Crippen molar-refractivity contribution in [1.29, 1.82) is 5.26 Å². The molecular formula is C46H38N4. The minimum Gasteiger partial charge on any atom is -0.319 e. The van der Waals surface area contributed by atoms with Crippen LogP contribution in [0.25, 0.3) is 71.0 Å². The molecule has 2 aromatic heterocycles. The lowest BCUT2D eigenvalue weighted by molar-refractivity contribution is 0.591. The Balaban J connectivity index is 1.36. The largest absolute Gasteiger partial charge is 0.319 e. The first-order valence-electron chi connectivity index (χ1n) is 17.1. The molecule has 0 saturated carbocycles. The molecule has 4 heteroatoms. The molecule has 0 spiro atoms.